The van der Waals surface area contributed by atoms with E-state index in [0.717, 1.165) is 27.6 Å². The van der Waals surface area contributed by atoms with Crippen LogP contribution in [0, 0.1) is 0 Å². The van der Waals surface area contributed by atoms with Crippen molar-refractivity contribution in [1.82, 2.24) is 4.90 Å². The fourth-order valence-electron chi connectivity index (χ4n) is 2.74. The van der Waals surface area contributed by atoms with Crippen molar-refractivity contribution in [3.63, 3.8) is 0 Å². The number of rotatable bonds is 1. The maximum Gasteiger partial charge on any atom is 0.266 e. The number of benzene rings is 1. The lowest BCUT2D eigenvalue weighted by atomic mass is 10.2. The van der Waals surface area contributed by atoms with Crippen LogP contribution in [-0.4, -0.2) is 34.4 Å². The van der Waals surface area contributed by atoms with Gasteiger partial charge < -0.3 is 10.6 Å². The second-order valence-corrected chi connectivity index (χ2v) is 9.30. The van der Waals surface area contributed by atoms with Gasteiger partial charge in [-0.3, -0.25) is 4.79 Å². The Bertz CT molecular complexity index is 690. The van der Waals surface area contributed by atoms with E-state index in [1.165, 1.54) is 11.3 Å². The lowest BCUT2D eigenvalue weighted by Gasteiger charge is -2.34. The normalized spacial score (nSPS) is 22.7. The number of halogens is 1. The minimum atomic E-state index is 0.0730. The largest absolute Gasteiger partial charge is 0.397 e. The van der Waals surface area contributed by atoms with Crippen LogP contribution in [0.4, 0.5) is 5.69 Å². The Morgan fingerprint density at radius 2 is 2.00 bits per heavy atom. The van der Waals surface area contributed by atoms with Crippen molar-refractivity contribution in [3.05, 3.63) is 27.5 Å². The van der Waals surface area contributed by atoms with E-state index in [9.17, 15) is 4.79 Å². The molecule has 1 aromatic carbocycles. The molecule has 112 valence electrons. The van der Waals surface area contributed by atoms with E-state index in [0.29, 0.717) is 21.1 Å². The zero-order valence-electron chi connectivity index (χ0n) is 11.9. The highest BCUT2D eigenvalue weighted by Gasteiger charge is 2.29. The zero-order chi connectivity index (χ0) is 15.1. The first-order chi connectivity index (χ1) is 9.95. The van der Waals surface area contributed by atoms with Gasteiger partial charge >= 0.3 is 0 Å². The standard InChI is InChI=1S/C15H17BrN2OS2/c1-8-6-18(7-9(2)20-8)15(19)14-13(17)11-4-3-10(16)5-12(11)21-14/h3-5,8-9H,6-7,17H2,1-2H3. The topological polar surface area (TPSA) is 46.3 Å². The molecule has 0 aliphatic carbocycles. The fraction of sp³-hybridized carbons (Fsp3) is 0.400. The predicted octanol–water partition coefficient (Wildman–Crippen LogP) is 4.21. The molecule has 1 aliphatic heterocycles. The van der Waals surface area contributed by atoms with E-state index in [1.807, 2.05) is 34.9 Å². The van der Waals surface area contributed by atoms with Gasteiger partial charge in [-0.1, -0.05) is 35.8 Å². The van der Waals surface area contributed by atoms with Gasteiger partial charge in [0.25, 0.3) is 5.91 Å². The minimum absolute atomic E-state index is 0.0730. The number of nitrogens with zero attached hydrogens (tertiary/aromatic N) is 1. The van der Waals surface area contributed by atoms with E-state index in [1.54, 1.807) is 0 Å². The van der Waals surface area contributed by atoms with Crippen LogP contribution in [0.3, 0.4) is 0 Å². The highest BCUT2D eigenvalue weighted by molar-refractivity contribution is 9.10. The number of hydrogen-bond acceptors (Lipinski definition) is 4. The molecule has 0 spiro atoms. The fourth-order valence-corrected chi connectivity index (χ4v) is 5.70. The van der Waals surface area contributed by atoms with Gasteiger partial charge in [0.15, 0.2) is 0 Å². The summed E-state index contributed by atoms with van der Waals surface area (Å²) in [7, 11) is 0. The lowest BCUT2D eigenvalue weighted by molar-refractivity contribution is 0.0759. The molecule has 1 fully saturated rings. The third-order valence-corrected chi connectivity index (χ3v) is 6.47. The molecule has 0 saturated carbocycles. The SMILES string of the molecule is CC1CN(C(=O)c2sc3cc(Br)ccc3c2N)CC(C)S1. The molecule has 1 saturated heterocycles. The van der Waals surface area contributed by atoms with Gasteiger partial charge in [0.2, 0.25) is 0 Å². The number of hydrogen-bond donors (Lipinski definition) is 1. The molecule has 1 aromatic heterocycles. The van der Waals surface area contributed by atoms with E-state index < -0.39 is 0 Å². The summed E-state index contributed by atoms with van der Waals surface area (Å²) in [6, 6.07) is 5.95. The van der Waals surface area contributed by atoms with Gasteiger partial charge in [0.1, 0.15) is 4.88 Å². The smallest absolute Gasteiger partial charge is 0.266 e. The lowest BCUT2D eigenvalue weighted by Crippen LogP contribution is -2.43. The van der Waals surface area contributed by atoms with Crippen molar-refractivity contribution < 1.29 is 4.79 Å². The number of thiophene rings is 1. The van der Waals surface area contributed by atoms with Gasteiger partial charge in [0, 0.05) is 38.1 Å². The van der Waals surface area contributed by atoms with Crippen LogP contribution in [-0.2, 0) is 0 Å². The number of fused-ring (bicyclic) bond motifs is 1. The summed E-state index contributed by atoms with van der Waals surface area (Å²) in [6.45, 7) is 5.94. The number of thioether (sulfide) groups is 1. The maximum absolute atomic E-state index is 12.8. The van der Waals surface area contributed by atoms with Gasteiger partial charge in [0.05, 0.1) is 5.69 Å². The first-order valence-corrected chi connectivity index (χ1v) is 9.43. The minimum Gasteiger partial charge on any atom is -0.397 e. The maximum atomic E-state index is 12.8. The first-order valence-electron chi connectivity index (χ1n) is 6.88. The van der Waals surface area contributed by atoms with Crippen LogP contribution in [0.5, 0.6) is 0 Å². The van der Waals surface area contributed by atoms with Crippen LogP contribution in [0.15, 0.2) is 22.7 Å². The number of carbonyl (C=O) groups excluding carboxylic acids is 1. The Morgan fingerprint density at radius 1 is 1.33 bits per heavy atom. The van der Waals surface area contributed by atoms with Crippen molar-refractivity contribution in [2.75, 3.05) is 18.8 Å². The van der Waals surface area contributed by atoms with Gasteiger partial charge in [-0.2, -0.15) is 11.8 Å². The molecule has 0 bridgehead atoms. The second-order valence-electron chi connectivity index (χ2n) is 5.45. The van der Waals surface area contributed by atoms with Crippen LogP contribution in [0.2, 0.25) is 0 Å². The Kier molecular flexibility index (Phi) is 4.21. The van der Waals surface area contributed by atoms with Gasteiger partial charge in [-0.15, -0.1) is 11.3 Å². The summed E-state index contributed by atoms with van der Waals surface area (Å²) in [5.74, 6) is 0.0730. The molecule has 2 aromatic rings. The molecule has 2 heterocycles. The summed E-state index contributed by atoms with van der Waals surface area (Å²) in [6.07, 6.45) is 0. The van der Waals surface area contributed by atoms with Gasteiger partial charge in [-0.25, -0.2) is 0 Å². The number of amides is 1. The van der Waals surface area contributed by atoms with Crippen LogP contribution in [0.1, 0.15) is 23.5 Å². The summed E-state index contributed by atoms with van der Waals surface area (Å²) >= 11 is 6.89. The second kappa shape index (κ2) is 5.82. The van der Waals surface area contributed by atoms with Crippen molar-refractivity contribution in [3.8, 4) is 0 Å². The third kappa shape index (κ3) is 2.94. The Labute approximate surface area is 141 Å². The van der Waals surface area contributed by atoms with Crippen molar-refractivity contribution in [2.24, 2.45) is 0 Å². The molecule has 2 N–H and O–H groups in total. The molecule has 21 heavy (non-hydrogen) atoms. The molecule has 2 unspecified atom stereocenters. The van der Waals surface area contributed by atoms with E-state index in [4.69, 9.17) is 5.73 Å². The first kappa shape index (κ1) is 15.2. The van der Waals surface area contributed by atoms with Crippen LogP contribution < -0.4 is 5.73 Å². The van der Waals surface area contributed by atoms with Crippen molar-refractivity contribution in [1.29, 1.82) is 0 Å². The molecule has 0 radical (unpaired) electrons. The van der Waals surface area contributed by atoms with Crippen LogP contribution >= 0.6 is 39.0 Å². The third-order valence-electron chi connectivity index (χ3n) is 3.59. The molecule has 1 amide bonds. The number of nitrogen functional groups attached to an aromatic ring is 1. The molecule has 1 aliphatic rings. The van der Waals surface area contributed by atoms with Crippen LogP contribution in [0.25, 0.3) is 10.1 Å². The van der Waals surface area contributed by atoms with E-state index >= 15 is 0 Å². The molecule has 2 atom stereocenters. The quantitative estimate of drug-likeness (QED) is 0.800. The molecular weight excluding hydrogens is 368 g/mol. The number of anilines is 1. The Hall–Kier alpha value is -0.720. The van der Waals surface area contributed by atoms with Crippen molar-refractivity contribution >= 4 is 60.7 Å². The van der Waals surface area contributed by atoms with E-state index in [2.05, 4.69) is 29.8 Å². The highest BCUT2D eigenvalue weighted by Crippen LogP contribution is 2.37. The zero-order valence-corrected chi connectivity index (χ0v) is 15.1. The summed E-state index contributed by atoms with van der Waals surface area (Å²) in [5.41, 5.74) is 6.83. The predicted molar refractivity (Wildman–Crippen MR) is 96.4 cm³/mol. The number of carbonyl (C=O) groups is 1. The Balaban J connectivity index is 1.96. The molecule has 3 rings (SSSR count). The molecule has 3 nitrogen and oxygen atoms in total. The van der Waals surface area contributed by atoms with Crippen molar-refractivity contribution in [2.45, 2.75) is 24.3 Å². The highest BCUT2D eigenvalue weighted by atomic mass is 79.9. The average Bonchev–Trinajstić information content (AvgIpc) is 2.73. The Morgan fingerprint density at radius 3 is 2.67 bits per heavy atom. The molecular formula is C15H17BrN2OS2. The molecule has 6 heteroatoms. The van der Waals surface area contributed by atoms with Gasteiger partial charge in [-0.05, 0) is 12.1 Å². The summed E-state index contributed by atoms with van der Waals surface area (Å²) < 4.78 is 2.06. The van der Waals surface area contributed by atoms with E-state index in [-0.39, 0.29) is 5.91 Å². The number of nitrogens with two attached hydrogens (primary N) is 1. The summed E-state index contributed by atoms with van der Waals surface area (Å²) in [4.78, 5) is 15.4. The monoisotopic (exact) mass is 384 g/mol. The average molecular weight is 385 g/mol. The summed E-state index contributed by atoms with van der Waals surface area (Å²) in [5, 5.41) is 1.92.